The van der Waals surface area contributed by atoms with E-state index in [0.717, 1.165) is 11.8 Å². The lowest BCUT2D eigenvalue weighted by Crippen LogP contribution is -2.33. The summed E-state index contributed by atoms with van der Waals surface area (Å²) in [4.78, 5) is 26.0. The standard InChI is InChI=1S/C8H13N3O2S/c1-4(2)10-6(12)3-5-7(13)11-8(9)14-5/h4-5H,3H2,1-2H3,(H,10,12)(H2,9,11,13)/t5-/m1/s1. The summed E-state index contributed by atoms with van der Waals surface area (Å²) in [5.74, 6) is -0.456. The first-order chi connectivity index (χ1) is 6.49. The van der Waals surface area contributed by atoms with Crippen molar-refractivity contribution in [1.29, 1.82) is 0 Å². The second kappa shape index (κ2) is 4.45. The number of amides is 2. The van der Waals surface area contributed by atoms with E-state index in [1.165, 1.54) is 0 Å². The molecule has 0 saturated heterocycles. The Kier molecular flexibility index (Phi) is 3.51. The van der Waals surface area contributed by atoms with E-state index in [1.54, 1.807) is 0 Å². The predicted molar refractivity (Wildman–Crippen MR) is 55.9 cm³/mol. The first-order valence-electron chi connectivity index (χ1n) is 4.33. The van der Waals surface area contributed by atoms with Crippen LogP contribution in [0.2, 0.25) is 0 Å². The van der Waals surface area contributed by atoms with Gasteiger partial charge >= 0.3 is 0 Å². The molecule has 0 aromatic carbocycles. The van der Waals surface area contributed by atoms with Gasteiger partial charge in [-0.3, -0.25) is 9.59 Å². The molecule has 0 aromatic heterocycles. The number of nitrogens with two attached hydrogens (primary N) is 1. The maximum Gasteiger partial charge on any atom is 0.262 e. The van der Waals surface area contributed by atoms with Gasteiger partial charge in [-0.1, -0.05) is 11.8 Å². The fourth-order valence-electron chi connectivity index (χ4n) is 1.08. The molecule has 0 radical (unpaired) electrons. The molecule has 0 unspecified atom stereocenters. The van der Waals surface area contributed by atoms with Crippen LogP contribution in [0.5, 0.6) is 0 Å². The smallest absolute Gasteiger partial charge is 0.262 e. The number of thioether (sulfide) groups is 1. The fourth-order valence-corrected chi connectivity index (χ4v) is 1.90. The van der Waals surface area contributed by atoms with E-state index in [4.69, 9.17) is 5.73 Å². The summed E-state index contributed by atoms with van der Waals surface area (Å²) in [5, 5.41) is 2.52. The molecular formula is C8H13N3O2S. The van der Waals surface area contributed by atoms with Gasteiger partial charge in [0.25, 0.3) is 5.91 Å². The number of hydrogen-bond acceptors (Lipinski definition) is 4. The molecule has 0 aliphatic carbocycles. The summed E-state index contributed by atoms with van der Waals surface area (Å²) in [5.41, 5.74) is 5.35. The van der Waals surface area contributed by atoms with Crippen LogP contribution in [0.15, 0.2) is 4.99 Å². The van der Waals surface area contributed by atoms with Gasteiger partial charge in [0.15, 0.2) is 5.17 Å². The molecule has 0 fully saturated rings. The van der Waals surface area contributed by atoms with E-state index in [1.807, 2.05) is 13.8 Å². The average molecular weight is 215 g/mol. The van der Waals surface area contributed by atoms with Crippen LogP contribution in [-0.4, -0.2) is 28.3 Å². The zero-order valence-corrected chi connectivity index (χ0v) is 8.93. The van der Waals surface area contributed by atoms with Gasteiger partial charge in [0.2, 0.25) is 5.91 Å². The van der Waals surface area contributed by atoms with Gasteiger partial charge in [-0.15, -0.1) is 0 Å². The Morgan fingerprint density at radius 2 is 2.36 bits per heavy atom. The van der Waals surface area contributed by atoms with Crippen LogP contribution in [0.25, 0.3) is 0 Å². The second-order valence-corrected chi connectivity index (χ2v) is 4.54. The quantitative estimate of drug-likeness (QED) is 0.686. The van der Waals surface area contributed by atoms with Crippen molar-refractivity contribution in [2.45, 2.75) is 31.6 Å². The highest BCUT2D eigenvalue weighted by Crippen LogP contribution is 2.22. The van der Waals surface area contributed by atoms with Crippen LogP contribution in [0.4, 0.5) is 0 Å². The summed E-state index contributed by atoms with van der Waals surface area (Å²) >= 11 is 1.15. The number of carbonyl (C=O) groups is 2. The molecule has 6 heteroatoms. The number of aliphatic imine (C=N–C) groups is 1. The number of carbonyl (C=O) groups excluding carboxylic acids is 2. The van der Waals surface area contributed by atoms with Crippen molar-refractivity contribution in [3.8, 4) is 0 Å². The Labute approximate surface area is 86.5 Å². The Bertz CT molecular complexity index is 288. The monoisotopic (exact) mass is 215 g/mol. The zero-order valence-electron chi connectivity index (χ0n) is 8.11. The summed E-state index contributed by atoms with van der Waals surface area (Å²) < 4.78 is 0. The normalized spacial score (nSPS) is 21.2. The van der Waals surface area contributed by atoms with Gasteiger partial charge < -0.3 is 11.1 Å². The zero-order chi connectivity index (χ0) is 10.7. The van der Waals surface area contributed by atoms with Crippen molar-refractivity contribution in [3.05, 3.63) is 0 Å². The van der Waals surface area contributed by atoms with Crippen LogP contribution in [0, 0.1) is 0 Å². The Hall–Kier alpha value is -1.04. The molecule has 1 rings (SSSR count). The van der Waals surface area contributed by atoms with Gasteiger partial charge in [0.1, 0.15) is 5.25 Å². The third-order valence-corrected chi connectivity index (χ3v) is 2.56. The van der Waals surface area contributed by atoms with Crippen molar-refractivity contribution < 1.29 is 9.59 Å². The predicted octanol–water partition coefficient (Wildman–Crippen LogP) is -0.142. The first kappa shape index (κ1) is 11.0. The number of hydrogen-bond donors (Lipinski definition) is 2. The Morgan fingerprint density at radius 1 is 1.71 bits per heavy atom. The lowest BCUT2D eigenvalue weighted by molar-refractivity contribution is -0.124. The molecule has 1 heterocycles. The third-order valence-electron chi connectivity index (χ3n) is 1.58. The van der Waals surface area contributed by atoms with Crippen molar-refractivity contribution in [1.82, 2.24) is 5.32 Å². The third kappa shape index (κ3) is 3.02. The van der Waals surface area contributed by atoms with Gasteiger partial charge in [-0.2, -0.15) is 4.99 Å². The largest absolute Gasteiger partial charge is 0.378 e. The number of nitrogens with one attached hydrogen (secondary N) is 1. The molecular weight excluding hydrogens is 202 g/mol. The first-order valence-corrected chi connectivity index (χ1v) is 5.21. The molecule has 3 N–H and O–H groups in total. The SMILES string of the molecule is CC(C)NC(=O)C[C@H]1SC(N)=NC1=O. The molecule has 1 atom stereocenters. The van der Waals surface area contributed by atoms with Crippen LogP contribution >= 0.6 is 11.8 Å². The maximum atomic E-state index is 11.3. The van der Waals surface area contributed by atoms with E-state index in [-0.39, 0.29) is 29.4 Å². The molecule has 1 aliphatic rings. The topological polar surface area (TPSA) is 84.6 Å². The minimum absolute atomic E-state index is 0.0854. The molecule has 0 saturated carbocycles. The minimum Gasteiger partial charge on any atom is -0.378 e. The molecule has 2 amide bonds. The Morgan fingerprint density at radius 3 is 2.79 bits per heavy atom. The highest BCUT2D eigenvalue weighted by Gasteiger charge is 2.29. The number of amidine groups is 1. The van der Waals surface area contributed by atoms with Crippen LogP contribution in [0.1, 0.15) is 20.3 Å². The van der Waals surface area contributed by atoms with E-state index in [0.29, 0.717) is 0 Å². The summed E-state index contributed by atoms with van der Waals surface area (Å²) in [6.07, 6.45) is 0.145. The molecule has 5 nitrogen and oxygen atoms in total. The summed E-state index contributed by atoms with van der Waals surface area (Å²) in [7, 11) is 0. The van der Waals surface area contributed by atoms with Gasteiger partial charge in [-0.05, 0) is 13.8 Å². The van der Waals surface area contributed by atoms with Gasteiger partial charge in [-0.25, -0.2) is 0 Å². The van der Waals surface area contributed by atoms with Crippen LogP contribution in [-0.2, 0) is 9.59 Å². The number of nitrogens with zero attached hydrogens (tertiary/aromatic N) is 1. The van der Waals surface area contributed by atoms with Gasteiger partial charge in [0.05, 0.1) is 0 Å². The van der Waals surface area contributed by atoms with E-state index >= 15 is 0 Å². The van der Waals surface area contributed by atoms with Crippen molar-refractivity contribution in [2.24, 2.45) is 10.7 Å². The molecule has 0 aromatic rings. The molecule has 78 valence electrons. The van der Waals surface area contributed by atoms with Gasteiger partial charge in [0, 0.05) is 12.5 Å². The number of rotatable bonds is 3. The van der Waals surface area contributed by atoms with E-state index < -0.39 is 5.25 Å². The van der Waals surface area contributed by atoms with E-state index in [9.17, 15) is 9.59 Å². The molecule has 0 bridgehead atoms. The van der Waals surface area contributed by atoms with E-state index in [2.05, 4.69) is 10.3 Å². The second-order valence-electron chi connectivity index (χ2n) is 3.32. The molecule has 1 aliphatic heterocycles. The summed E-state index contributed by atoms with van der Waals surface area (Å²) in [6, 6.07) is 0.0854. The average Bonchev–Trinajstić information content (AvgIpc) is 2.28. The van der Waals surface area contributed by atoms with Crippen molar-refractivity contribution >= 4 is 28.7 Å². The minimum atomic E-state index is -0.436. The molecule has 14 heavy (non-hydrogen) atoms. The van der Waals surface area contributed by atoms with Crippen molar-refractivity contribution in [2.75, 3.05) is 0 Å². The van der Waals surface area contributed by atoms with Crippen molar-refractivity contribution in [3.63, 3.8) is 0 Å². The summed E-state index contributed by atoms with van der Waals surface area (Å²) in [6.45, 7) is 3.73. The van der Waals surface area contributed by atoms with Crippen LogP contribution < -0.4 is 11.1 Å². The highest BCUT2D eigenvalue weighted by molar-refractivity contribution is 8.15. The fraction of sp³-hybridized carbons (Fsp3) is 0.625. The lowest BCUT2D eigenvalue weighted by Gasteiger charge is -2.09. The lowest BCUT2D eigenvalue weighted by atomic mass is 10.2. The Balaban J connectivity index is 2.40. The van der Waals surface area contributed by atoms with Crippen LogP contribution in [0.3, 0.4) is 0 Å². The highest BCUT2D eigenvalue weighted by atomic mass is 32.2. The molecule has 0 spiro atoms. The maximum absolute atomic E-state index is 11.3.